The second-order valence-corrected chi connectivity index (χ2v) is 6.57. The molecule has 1 aliphatic carbocycles. The molecule has 0 unspecified atom stereocenters. The van der Waals surface area contributed by atoms with E-state index >= 15 is 0 Å². The third-order valence-corrected chi connectivity index (χ3v) is 4.84. The fourth-order valence-corrected chi connectivity index (χ4v) is 3.47. The van der Waals surface area contributed by atoms with Crippen molar-refractivity contribution in [3.8, 4) is 5.75 Å². The van der Waals surface area contributed by atoms with Gasteiger partial charge >= 0.3 is 5.97 Å². The Morgan fingerprint density at radius 2 is 2.17 bits per heavy atom. The third kappa shape index (κ3) is 3.29. The molecule has 5 nitrogen and oxygen atoms in total. The molecular weight excluding hydrogens is 318 g/mol. The Balaban J connectivity index is 1.76. The van der Waals surface area contributed by atoms with Crippen molar-refractivity contribution in [2.24, 2.45) is 5.92 Å². The summed E-state index contributed by atoms with van der Waals surface area (Å²) in [5.41, 5.74) is -0.000497. The first kappa shape index (κ1) is 16.1. The molecule has 1 amide bonds. The van der Waals surface area contributed by atoms with E-state index in [0.717, 1.165) is 0 Å². The molecule has 1 aromatic carbocycles. The molecule has 23 heavy (non-hydrogen) atoms. The van der Waals surface area contributed by atoms with Crippen LogP contribution in [0, 0.1) is 5.92 Å². The van der Waals surface area contributed by atoms with Crippen LogP contribution in [0.25, 0.3) is 0 Å². The first-order chi connectivity index (χ1) is 11.0. The van der Waals surface area contributed by atoms with Gasteiger partial charge in [0.15, 0.2) is 0 Å². The van der Waals surface area contributed by atoms with E-state index in [9.17, 15) is 9.59 Å². The zero-order valence-electron chi connectivity index (χ0n) is 13.1. The lowest BCUT2D eigenvalue weighted by atomic mass is 9.78. The summed E-state index contributed by atoms with van der Waals surface area (Å²) in [5.74, 6) is 0.172. The van der Waals surface area contributed by atoms with Gasteiger partial charge in [-0.3, -0.25) is 9.59 Å². The highest BCUT2D eigenvalue weighted by atomic mass is 35.5. The maximum absolute atomic E-state index is 12.2. The van der Waals surface area contributed by atoms with Gasteiger partial charge < -0.3 is 14.8 Å². The number of amides is 1. The number of hydrogen-bond donors (Lipinski definition) is 1. The van der Waals surface area contributed by atoms with E-state index in [2.05, 4.69) is 5.32 Å². The summed E-state index contributed by atoms with van der Waals surface area (Å²) in [6, 6.07) is 5.08. The largest absolute Gasteiger partial charge is 0.485 e. The number of carbonyl (C=O) groups excluding carboxylic acids is 2. The zero-order valence-corrected chi connectivity index (χ0v) is 13.8. The fraction of sp³-hybridized carbons (Fsp3) is 0.529. The highest BCUT2D eigenvalue weighted by molar-refractivity contribution is 6.31. The lowest BCUT2D eigenvalue weighted by molar-refractivity contribution is -0.150. The molecule has 0 saturated heterocycles. The molecule has 3 rings (SSSR count). The summed E-state index contributed by atoms with van der Waals surface area (Å²) in [6.07, 6.45) is 2.83. The zero-order chi connectivity index (χ0) is 16.4. The van der Waals surface area contributed by atoms with Crippen LogP contribution in [0.5, 0.6) is 5.75 Å². The highest BCUT2D eigenvalue weighted by Gasteiger charge is 2.42. The van der Waals surface area contributed by atoms with Crippen molar-refractivity contribution < 1.29 is 19.1 Å². The van der Waals surface area contributed by atoms with E-state index in [0.29, 0.717) is 55.2 Å². The number of fused-ring (bicyclic) bond motifs is 1. The smallest absolute Gasteiger partial charge is 0.308 e. The number of esters is 1. The van der Waals surface area contributed by atoms with Gasteiger partial charge in [-0.25, -0.2) is 0 Å². The molecule has 1 heterocycles. The Hall–Kier alpha value is -1.75. The average Bonchev–Trinajstić information content (AvgIpc) is 2.67. The van der Waals surface area contributed by atoms with E-state index in [1.54, 1.807) is 18.2 Å². The van der Waals surface area contributed by atoms with Gasteiger partial charge in [0.1, 0.15) is 11.4 Å². The van der Waals surface area contributed by atoms with E-state index in [4.69, 9.17) is 21.1 Å². The Morgan fingerprint density at radius 3 is 2.87 bits per heavy atom. The van der Waals surface area contributed by atoms with Crippen molar-refractivity contribution in [3.63, 3.8) is 0 Å². The van der Waals surface area contributed by atoms with Crippen molar-refractivity contribution in [1.29, 1.82) is 0 Å². The van der Waals surface area contributed by atoms with Gasteiger partial charge in [0, 0.05) is 5.02 Å². The van der Waals surface area contributed by atoms with Gasteiger partial charge in [-0.15, -0.1) is 0 Å². The SMILES string of the molecule is CCOC(=O)C1CCC2(CC1)CNC(=O)c1cc(Cl)ccc1O2. The topological polar surface area (TPSA) is 64.6 Å². The second kappa shape index (κ2) is 6.40. The fourth-order valence-electron chi connectivity index (χ4n) is 3.29. The molecule has 124 valence electrons. The van der Waals surface area contributed by atoms with Crippen LogP contribution in [-0.2, 0) is 9.53 Å². The molecule has 1 aliphatic heterocycles. The molecule has 1 saturated carbocycles. The lowest BCUT2D eigenvalue weighted by Gasteiger charge is -2.38. The van der Waals surface area contributed by atoms with Crippen LogP contribution in [0.15, 0.2) is 18.2 Å². The summed E-state index contributed by atoms with van der Waals surface area (Å²) in [6.45, 7) is 2.66. The standard InChI is InChI=1S/C17H20ClNO4/c1-2-22-16(21)11-5-7-17(8-6-11)10-19-15(20)13-9-12(18)3-4-14(13)23-17/h3-4,9,11H,2,5-8,10H2,1H3,(H,19,20). The van der Waals surface area contributed by atoms with E-state index in [1.165, 1.54) is 0 Å². The minimum Gasteiger partial charge on any atom is -0.485 e. The first-order valence-electron chi connectivity index (χ1n) is 7.96. The highest BCUT2D eigenvalue weighted by Crippen LogP contribution is 2.39. The third-order valence-electron chi connectivity index (χ3n) is 4.60. The summed E-state index contributed by atoms with van der Waals surface area (Å²) < 4.78 is 11.3. The van der Waals surface area contributed by atoms with E-state index < -0.39 is 5.60 Å². The first-order valence-corrected chi connectivity index (χ1v) is 8.34. The van der Waals surface area contributed by atoms with Gasteiger partial charge in [-0.1, -0.05) is 11.6 Å². The Kier molecular flexibility index (Phi) is 4.48. The van der Waals surface area contributed by atoms with Gasteiger partial charge in [-0.2, -0.15) is 0 Å². The molecule has 1 N–H and O–H groups in total. The van der Waals surface area contributed by atoms with Crippen LogP contribution >= 0.6 is 11.6 Å². The summed E-state index contributed by atoms with van der Waals surface area (Å²) in [7, 11) is 0. The molecule has 1 spiro atoms. The van der Waals surface area contributed by atoms with E-state index in [1.807, 2.05) is 6.92 Å². The van der Waals surface area contributed by atoms with Crippen LogP contribution in [-0.4, -0.2) is 30.6 Å². The molecular formula is C17H20ClNO4. The molecule has 0 atom stereocenters. The molecule has 0 radical (unpaired) electrons. The Labute approximate surface area is 140 Å². The second-order valence-electron chi connectivity index (χ2n) is 6.13. The van der Waals surface area contributed by atoms with Crippen LogP contribution in [0.4, 0.5) is 0 Å². The summed E-state index contributed by atoms with van der Waals surface area (Å²) in [5, 5.41) is 3.42. The van der Waals surface area contributed by atoms with Crippen LogP contribution in [0.3, 0.4) is 0 Å². The van der Waals surface area contributed by atoms with Crippen LogP contribution in [0.1, 0.15) is 43.0 Å². The average molecular weight is 338 g/mol. The number of carbonyl (C=O) groups is 2. The Morgan fingerprint density at radius 1 is 1.43 bits per heavy atom. The van der Waals surface area contributed by atoms with Crippen molar-refractivity contribution in [2.75, 3.05) is 13.2 Å². The summed E-state index contributed by atoms with van der Waals surface area (Å²) >= 11 is 5.97. The van der Waals surface area contributed by atoms with Crippen molar-refractivity contribution in [3.05, 3.63) is 28.8 Å². The van der Waals surface area contributed by atoms with Gasteiger partial charge in [0.2, 0.25) is 0 Å². The number of hydrogen-bond acceptors (Lipinski definition) is 4. The maximum Gasteiger partial charge on any atom is 0.308 e. The predicted molar refractivity (Wildman–Crippen MR) is 85.7 cm³/mol. The molecule has 0 aromatic heterocycles. The maximum atomic E-state index is 12.2. The summed E-state index contributed by atoms with van der Waals surface area (Å²) in [4.78, 5) is 24.1. The number of rotatable bonds is 2. The molecule has 1 fully saturated rings. The van der Waals surface area contributed by atoms with Crippen LogP contribution < -0.4 is 10.1 Å². The number of ether oxygens (including phenoxy) is 2. The van der Waals surface area contributed by atoms with Gasteiger partial charge in [-0.05, 0) is 50.8 Å². The molecule has 1 aromatic rings. The van der Waals surface area contributed by atoms with Crippen molar-refractivity contribution in [2.45, 2.75) is 38.2 Å². The van der Waals surface area contributed by atoms with Gasteiger partial charge in [0.05, 0.1) is 24.6 Å². The monoisotopic (exact) mass is 337 g/mol. The molecule has 0 bridgehead atoms. The Bertz CT molecular complexity index is 623. The number of halogens is 1. The minimum absolute atomic E-state index is 0.0761. The molecule has 2 aliphatic rings. The molecule has 6 heteroatoms. The minimum atomic E-state index is -0.461. The predicted octanol–water partition coefficient (Wildman–Crippen LogP) is 2.95. The quantitative estimate of drug-likeness (QED) is 0.843. The van der Waals surface area contributed by atoms with Crippen LogP contribution in [0.2, 0.25) is 5.02 Å². The normalized spacial score (nSPS) is 26.7. The van der Waals surface area contributed by atoms with Gasteiger partial charge in [0.25, 0.3) is 5.91 Å². The van der Waals surface area contributed by atoms with Crippen molar-refractivity contribution >= 4 is 23.5 Å². The van der Waals surface area contributed by atoms with E-state index in [-0.39, 0.29) is 17.8 Å². The van der Waals surface area contributed by atoms with Crippen molar-refractivity contribution in [1.82, 2.24) is 5.32 Å². The lowest BCUT2D eigenvalue weighted by Crippen LogP contribution is -2.48. The number of nitrogens with one attached hydrogen (secondary N) is 1. The number of benzene rings is 1.